The van der Waals surface area contributed by atoms with Gasteiger partial charge in [0.15, 0.2) is 17.4 Å². The topological polar surface area (TPSA) is 67.8 Å². The molecule has 2 bridgehead atoms. The third kappa shape index (κ3) is 3.73. The first-order valence-corrected chi connectivity index (χ1v) is 10.5. The van der Waals surface area contributed by atoms with Crippen LogP contribution in [0.2, 0.25) is 5.28 Å². The summed E-state index contributed by atoms with van der Waals surface area (Å²) in [6.45, 7) is 8.28. The molecule has 1 aromatic heterocycles. The summed E-state index contributed by atoms with van der Waals surface area (Å²) >= 11 is 6.09. The molecule has 2 unspecified atom stereocenters. The minimum absolute atomic E-state index is 0.111. The van der Waals surface area contributed by atoms with Crippen LogP contribution in [0.15, 0.2) is 6.07 Å². The number of nitrogens with zero attached hydrogens (tertiary/aromatic N) is 4. The lowest BCUT2D eigenvalue weighted by molar-refractivity contribution is -0.00278. The van der Waals surface area contributed by atoms with E-state index in [0.717, 1.165) is 18.9 Å². The first kappa shape index (κ1) is 21.8. The Kier molecular flexibility index (Phi) is 5.15. The zero-order chi connectivity index (χ0) is 22.7. The lowest BCUT2D eigenvalue weighted by Gasteiger charge is -2.47. The minimum atomic E-state index is -0.847. The van der Waals surface area contributed by atoms with Gasteiger partial charge in [0.1, 0.15) is 16.9 Å². The van der Waals surface area contributed by atoms with Gasteiger partial charge in [-0.1, -0.05) is 0 Å². The van der Waals surface area contributed by atoms with E-state index in [2.05, 4.69) is 9.97 Å². The molecular weight excluding hydrogens is 430 g/mol. The van der Waals surface area contributed by atoms with E-state index in [4.69, 9.17) is 21.1 Å². The van der Waals surface area contributed by atoms with Crippen LogP contribution in [-0.2, 0) is 4.74 Å². The molecule has 0 N–H and O–H groups in total. The fourth-order valence-corrected chi connectivity index (χ4v) is 4.83. The number of halogens is 3. The van der Waals surface area contributed by atoms with Gasteiger partial charge in [-0.25, -0.2) is 18.6 Å². The van der Waals surface area contributed by atoms with Crippen molar-refractivity contribution >= 4 is 34.4 Å². The van der Waals surface area contributed by atoms with Gasteiger partial charge in [0.2, 0.25) is 5.28 Å². The summed E-state index contributed by atoms with van der Waals surface area (Å²) in [5.74, 6) is -1.55. The van der Waals surface area contributed by atoms with Crippen LogP contribution in [0.1, 0.15) is 40.5 Å². The molecule has 0 spiro atoms. The number of methoxy groups -OCH3 is 1. The SMILES string of the molecule is COc1c(F)cc(F)c2nc(Cl)nc(N3CC4CCC(C)(C3)N4C(=O)OC(C)(C)C)c12. The number of anilines is 1. The Hall–Kier alpha value is -2.42. The highest BCUT2D eigenvalue weighted by molar-refractivity contribution is 6.29. The van der Waals surface area contributed by atoms with Crippen molar-refractivity contribution in [2.75, 3.05) is 25.1 Å². The molecule has 7 nitrogen and oxygen atoms in total. The molecule has 2 aliphatic heterocycles. The molecule has 3 heterocycles. The van der Waals surface area contributed by atoms with Gasteiger partial charge in [-0.2, -0.15) is 4.98 Å². The number of piperazine rings is 1. The van der Waals surface area contributed by atoms with Crippen molar-refractivity contribution in [1.82, 2.24) is 14.9 Å². The predicted octanol–water partition coefficient (Wildman–Crippen LogP) is 4.55. The Balaban J connectivity index is 1.77. The number of carbonyl (C=O) groups is 1. The van der Waals surface area contributed by atoms with Crippen LogP contribution in [0.3, 0.4) is 0 Å². The molecular formula is C21H25ClF2N4O3. The number of amides is 1. The average molecular weight is 455 g/mol. The van der Waals surface area contributed by atoms with Gasteiger partial charge in [0.05, 0.1) is 24.1 Å². The van der Waals surface area contributed by atoms with Crippen LogP contribution in [0.5, 0.6) is 5.75 Å². The number of ether oxygens (including phenoxy) is 2. The molecule has 0 aliphatic carbocycles. The maximum absolute atomic E-state index is 14.5. The lowest BCUT2D eigenvalue weighted by atomic mass is 9.97. The highest BCUT2D eigenvalue weighted by Crippen LogP contribution is 2.44. The zero-order valence-electron chi connectivity index (χ0n) is 18.1. The van der Waals surface area contributed by atoms with Crippen LogP contribution in [-0.4, -0.2) is 58.3 Å². The van der Waals surface area contributed by atoms with Crippen LogP contribution < -0.4 is 9.64 Å². The normalized spacial score (nSPS) is 23.4. The third-order valence-electron chi connectivity index (χ3n) is 5.81. The maximum Gasteiger partial charge on any atom is 0.411 e. The van der Waals surface area contributed by atoms with E-state index >= 15 is 0 Å². The van der Waals surface area contributed by atoms with Crippen molar-refractivity contribution in [3.8, 4) is 5.75 Å². The van der Waals surface area contributed by atoms with Gasteiger partial charge < -0.3 is 14.4 Å². The maximum atomic E-state index is 14.5. The molecule has 31 heavy (non-hydrogen) atoms. The van der Waals surface area contributed by atoms with E-state index in [1.165, 1.54) is 7.11 Å². The minimum Gasteiger partial charge on any atom is -0.493 e. The first-order valence-electron chi connectivity index (χ1n) is 10.1. The highest BCUT2D eigenvalue weighted by atomic mass is 35.5. The molecule has 0 saturated carbocycles. The van der Waals surface area contributed by atoms with Gasteiger partial charge >= 0.3 is 6.09 Å². The Labute approximate surface area is 184 Å². The van der Waals surface area contributed by atoms with Gasteiger partial charge in [0, 0.05) is 19.2 Å². The number of rotatable bonds is 2. The summed E-state index contributed by atoms with van der Waals surface area (Å²) in [6.07, 6.45) is 1.18. The molecule has 1 amide bonds. The lowest BCUT2D eigenvalue weighted by Crippen LogP contribution is -2.63. The van der Waals surface area contributed by atoms with Crippen LogP contribution in [0.4, 0.5) is 19.4 Å². The number of hydrogen-bond acceptors (Lipinski definition) is 6. The van der Waals surface area contributed by atoms with E-state index in [9.17, 15) is 13.6 Å². The van der Waals surface area contributed by atoms with Crippen molar-refractivity contribution in [2.24, 2.45) is 0 Å². The van der Waals surface area contributed by atoms with Crippen molar-refractivity contribution in [1.29, 1.82) is 0 Å². The molecule has 2 aliphatic rings. The van der Waals surface area contributed by atoms with Crippen molar-refractivity contribution in [3.05, 3.63) is 23.0 Å². The summed E-state index contributed by atoms with van der Waals surface area (Å²) in [4.78, 5) is 24.8. The van der Waals surface area contributed by atoms with Crippen molar-refractivity contribution in [2.45, 2.75) is 57.7 Å². The van der Waals surface area contributed by atoms with E-state index < -0.39 is 22.8 Å². The van der Waals surface area contributed by atoms with Gasteiger partial charge in [-0.3, -0.25) is 4.90 Å². The largest absolute Gasteiger partial charge is 0.493 e. The molecule has 10 heteroatoms. The third-order valence-corrected chi connectivity index (χ3v) is 5.97. The number of carbonyl (C=O) groups excluding carboxylic acids is 1. The summed E-state index contributed by atoms with van der Waals surface area (Å²) < 4.78 is 39.8. The van der Waals surface area contributed by atoms with E-state index in [-0.39, 0.29) is 39.9 Å². The average Bonchev–Trinajstić information content (AvgIpc) is 2.86. The predicted molar refractivity (Wildman–Crippen MR) is 113 cm³/mol. The van der Waals surface area contributed by atoms with E-state index in [1.807, 2.05) is 32.6 Å². The molecule has 2 fully saturated rings. The molecule has 1 aromatic carbocycles. The second kappa shape index (κ2) is 7.32. The smallest absolute Gasteiger partial charge is 0.411 e. The molecule has 4 rings (SSSR count). The Morgan fingerprint density at radius 2 is 2.00 bits per heavy atom. The number of benzene rings is 1. The van der Waals surface area contributed by atoms with Crippen molar-refractivity contribution in [3.63, 3.8) is 0 Å². The Morgan fingerprint density at radius 3 is 2.61 bits per heavy atom. The molecule has 2 atom stereocenters. The fourth-order valence-electron chi connectivity index (χ4n) is 4.67. The van der Waals surface area contributed by atoms with Gasteiger partial charge in [-0.05, 0) is 52.1 Å². The number of hydrogen-bond donors (Lipinski definition) is 0. The van der Waals surface area contributed by atoms with Crippen LogP contribution >= 0.6 is 11.6 Å². The molecule has 2 saturated heterocycles. The fraction of sp³-hybridized carbons (Fsp3) is 0.571. The summed E-state index contributed by atoms with van der Waals surface area (Å²) in [5, 5.41) is -0.0275. The second-order valence-corrected chi connectivity index (χ2v) is 9.67. The second-order valence-electron chi connectivity index (χ2n) is 9.33. The van der Waals surface area contributed by atoms with Gasteiger partial charge in [0.25, 0.3) is 0 Å². The van der Waals surface area contributed by atoms with Crippen molar-refractivity contribution < 1.29 is 23.0 Å². The zero-order valence-corrected chi connectivity index (χ0v) is 18.9. The van der Waals surface area contributed by atoms with E-state index in [0.29, 0.717) is 13.1 Å². The van der Waals surface area contributed by atoms with Gasteiger partial charge in [-0.15, -0.1) is 0 Å². The molecule has 168 valence electrons. The van der Waals surface area contributed by atoms with Crippen LogP contribution in [0, 0.1) is 11.6 Å². The standard InChI is InChI=1S/C21H25ClF2N4O3/c1-20(2,3)31-19(29)28-11-6-7-21(28,4)10-27(9-11)17-14-15(25-18(22)26-17)12(23)8-13(24)16(14)30-5/h8,11H,6-7,9-10H2,1-5H3. The Bertz CT molecular complexity index is 1060. The molecule has 2 aromatic rings. The van der Waals surface area contributed by atoms with Crippen LogP contribution in [0.25, 0.3) is 10.9 Å². The number of aromatic nitrogens is 2. The summed E-state index contributed by atoms with van der Waals surface area (Å²) in [6, 6.07) is 0.585. The molecule has 0 radical (unpaired) electrons. The highest BCUT2D eigenvalue weighted by Gasteiger charge is 2.52. The first-order chi connectivity index (χ1) is 14.4. The van der Waals surface area contributed by atoms with E-state index in [1.54, 1.807) is 4.90 Å². The summed E-state index contributed by atoms with van der Waals surface area (Å²) in [7, 11) is 1.31. The monoisotopic (exact) mass is 454 g/mol. The number of fused-ring (bicyclic) bond motifs is 3. The summed E-state index contributed by atoms with van der Waals surface area (Å²) in [5.41, 5.74) is -1.25. The Morgan fingerprint density at radius 1 is 1.29 bits per heavy atom. The quantitative estimate of drug-likeness (QED) is 0.620.